The van der Waals surface area contributed by atoms with Gasteiger partial charge in [0.15, 0.2) is 6.23 Å². The number of carbonyl (C=O) groups is 2. The molecule has 1 aliphatic heterocycles. The summed E-state index contributed by atoms with van der Waals surface area (Å²) in [6, 6.07) is 0. The Morgan fingerprint density at radius 1 is 1.40 bits per heavy atom. The summed E-state index contributed by atoms with van der Waals surface area (Å²) in [5.74, 6) is 3.47. The van der Waals surface area contributed by atoms with E-state index < -0.39 is 12.2 Å². The van der Waals surface area contributed by atoms with Crippen molar-refractivity contribution in [1.29, 1.82) is 0 Å². The first-order valence-corrected chi connectivity index (χ1v) is 4.83. The second-order valence-electron chi connectivity index (χ2n) is 3.35. The van der Waals surface area contributed by atoms with E-state index in [2.05, 4.69) is 11.8 Å². The third-order valence-electron chi connectivity index (χ3n) is 2.15. The van der Waals surface area contributed by atoms with E-state index in [1.807, 2.05) is 0 Å². The maximum Gasteiger partial charge on any atom is 0.303 e. The Morgan fingerprint density at radius 2 is 2.13 bits per heavy atom. The largest absolute Gasteiger partial charge is 0.481 e. The number of aliphatic hydroxyl groups excluding tert-OH is 1. The lowest BCUT2D eigenvalue weighted by molar-refractivity contribution is -0.137. The molecule has 1 unspecified atom stereocenters. The summed E-state index contributed by atoms with van der Waals surface area (Å²) in [4.78, 5) is 22.5. The van der Waals surface area contributed by atoms with Gasteiger partial charge in [-0.1, -0.05) is 6.42 Å². The monoisotopic (exact) mass is 211 g/mol. The standard InChI is InChI=1S/C10H13NO4/c12-8-5-6-9(13)11(8)7-3-1-2-4-10(14)15/h8,12H,1-4,7H2,(H,14,15). The summed E-state index contributed by atoms with van der Waals surface area (Å²) >= 11 is 0. The second-order valence-corrected chi connectivity index (χ2v) is 3.35. The third kappa shape index (κ3) is 3.60. The van der Waals surface area contributed by atoms with E-state index in [1.54, 1.807) is 0 Å². The number of carboxylic acid groups (broad SMARTS) is 1. The molecule has 0 saturated heterocycles. The number of carbonyl (C=O) groups excluding carboxylic acids is 1. The lowest BCUT2D eigenvalue weighted by Crippen LogP contribution is -2.35. The quantitative estimate of drug-likeness (QED) is 0.471. The van der Waals surface area contributed by atoms with Crippen molar-refractivity contribution >= 4 is 11.9 Å². The number of hydrogen-bond acceptors (Lipinski definition) is 3. The van der Waals surface area contributed by atoms with Gasteiger partial charge >= 0.3 is 11.9 Å². The molecule has 0 aromatic heterocycles. The molecule has 0 spiro atoms. The molecule has 0 aliphatic carbocycles. The van der Waals surface area contributed by atoms with Gasteiger partial charge in [0.25, 0.3) is 0 Å². The molecule has 0 aromatic rings. The number of unbranched alkanes of at least 4 members (excludes halogenated alkanes) is 2. The third-order valence-corrected chi connectivity index (χ3v) is 2.15. The SMILES string of the molecule is O=C(O)CCCCCN1C(=O)C#CC1O. The van der Waals surface area contributed by atoms with Crippen LogP contribution < -0.4 is 0 Å². The van der Waals surface area contributed by atoms with E-state index in [-0.39, 0.29) is 12.3 Å². The average Bonchev–Trinajstić information content (AvgIpc) is 2.47. The van der Waals surface area contributed by atoms with E-state index >= 15 is 0 Å². The van der Waals surface area contributed by atoms with Crippen LogP contribution in [0.15, 0.2) is 0 Å². The Labute approximate surface area is 87.7 Å². The van der Waals surface area contributed by atoms with E-state index in [9.17, 15) is 14.7 Å². The molecule has 2 N–H and O–H groups in total. The molecule has 5 heteroatoms. The second kappa shape index (κ2) is 5.37. The smallest absolute Gasteiger partial charge is 0.303 e. The molecule has 0 bridgehead atoms. The van der Waals surface area contributed by atoms with Crippen molar-refractivity contribution in [1.82, 2.24) is 4.90 Å². The predicted molar refractivity (Wildman–Crippen MR) is 51.6 cm³/mol. The topological polar surface area (TPSA) is 77.8 Å². The van der Waals surface area contributed by atoms with Gasteiger partial charge in [0, 0.05) is 13.0 Å². The minimum atomic E-state index is -0.989. The summed E-state index contributed by atoms with van der Waals surface area (Å²) in [5, 5.41) is 17.6. The molecule has 1 atom stereocenters. The van der Waals surface area contributed by atoms with E-state index in [0.717, 1.165) is 6.42 Å². The van der Waals surface area contributed by atoms with Crippen molar-refractivity contribution in [2.45, 2.75) is 31.9 Å². The number of carboxylic acids is 1. The highest BCUT2D eigenvalue weighted by molar-refractivity contribution is 5.96. The Morgan fingerprint density at radius 3 is 2.67 bits per heavy atom. The normalized spacial score (nSPS) is 18.9. The summed E-state index contributed by atoms with van der Waals surface area (Å²) in [5.41, 5.74) is 0. The minimum Gasteiger partial charge on any atom is -0.481 e. The van der Waals surface area contributed by atoms with E-state index in [0.29, 0.717) is 19.4 Å². The molecule has 1 heterocycles. The first kappa shape index (κ1) is 11.5. The fourth-order valence-electron chi connectivity index (χ4n) is 1.35. The van der Waals surface area contributed by atoms with Crippen LogP contribution in [0, 0.1) is 11.8 Å². The van der Waals surface area contributed by atoms with Crippen LogP contribution in [0.5, 0.6) is 0 Å². The van der Waals surface area contributed by atoms with Crippen molar-refractivity contribution in [3.05, 3.63) is 0 Å². The number of hydrogen-bond donors (Lipinski definition) is 2. The molecule has 0 fully saturated rings. The zero-order valence-corrected chi connectivity index (χ0v) is 8.27. The minimum absolute atomic E-state index is 0.146. The van der Waals surface area contributed by atoms with E-state index in [1.165, 1.54) is 4.90 Å². The van der Waals surface area contributed by atoms with Gasteiger partial charge in [-0.15, -0.1) is 0 Å². The Kier molecular flexibility index (Phi) is 4.13. The predicted octanol–water partition coefficient (Wildman–Crippen LogP) is -0.205. The molecular formula is C10H13NO4. The van der Waals surface area contributed by atoms with Gasteiger partial charge in [-0.2, -0.15) is 0 Å². The Bertz CT molecular complexity index is 315. The fourth-order valence-corrected chi connectivity index (χ4v) is 1.35. The van der Waals surface area contributed by atoms with Crippen LogP contribution in [0.2, 0.25) is 0 Å². The zero-order chi connectivity index (χ0) is 11.3. The van der Waals surface area contributed by atoms with Crippen molar-refractivity contribution < 1.29 is 19.8 Å². The van der Waals surface area contributed by atoms with Crippen molar-refractivity contribution in [3.63, 3.8) is 0 Å². The molecule has 1 rings (SSSR count). The summed E-state index contributed by atoms with van der Waals surface area (Å²) in [6.45, 7) is 0.416. The Balaban J connectivity index is 2.11. The van der Waals surface area contributed by atoms with Gasteiger partial charge in [-0.25, -0.2) is 0 Å². The molecule has 0 radical (unpaired) electrons. The molecule has 15 heavy (non-hydrogen) atoms. The molecule has 5 nitrogen and oxygen atoms in total. The zero-order valence-electron chi connectivity index (χ0n) is 8.27. The lowest BCUT2D eigenvalue weighted by Gasteiger charge is -2.18. The van der Waals surface area contributed by atoms with E-state index in [4.69, 9.17) is 5.11 Å². The van der Waals surface area contributed by atoms with Crippen molar-refractivity contribution in [3.8, 4) is 11.8 Å². The molecule has 1 amide bonds. The molecule has 0 aromatic carbocycles. The average molecular weight is 211 g/mol. The molecule has 0 saturated carbocycles. The lowest BCUT2D eigenvalue weighted by atomic mass is 10.2. The van der Waals surface area contributed by atoms with Crippen LogP contribution in [0.3, 0.4) is 0 Å². The summed E-state index contributed by atoms with van der Waals surface area (Å²) in [7, 11) is 0. The van der Waals surface area contributed by atoms with Crippen molar-refractivity contribution in [2.75, 3.05) is 6.54 Å². The first-order chi connectivity index (χ1) is 7.11. The highest BCUT2D eigenvalue weighted by Crippen LogP contribution is 2.07. The van der Waals surface area contributed by atoms with Crippen LogP contribution in [-0.2, 0) is 9.59 Å². The summed E-state index contributed by atoms with van der Waals surface area (Å²) < 4.78 is 0. The molecule has 82 valence electrons. The number of rotatable bonds is 6. The fraction of sp³-hybridized carbons (Fsp3) is 0.600. The molecule has 1 aliphatic rings. The van der Waals surface area contributed by atoms with Gasteiger partial charge in [-0.05, 0) is 24.7 Å². The van der Waals surface area contributed by atoms with Crippen LogP contribution >= 0.6 is 0 Å². The van der Waals surface area contributed by atoms with Crippen molar-refractivity contribution in [2.24, 2.45) is 0 Å². The Hall–Kier alpha value is -1.54. The van der Waals surface area contributed by atoms with Crippen LogP contribution in [0.4, 0.5) is 0 Å². The van der Waals surface area contributed by atoms with Gasteiger partial charge in [-0.3, -0.25) is 14.5 Å². The van der Waals surface area contributed by atoms with Gasteiger partial charge in [0.05, 0.1) is 0 Å². The number of aliphatic hydroxyl groups is 1. The number of amides is 1. The summed E-state index contributed by atoms with van der Waals surface area (Å²) in [6.07, 6.45) is 1.15. The maximum atomic E-state index is 11.1. The van der Waals surface area contributed by atoms with Gasteiger partial charge in [0.2, 0.25) is 0 Å². The van der Waals surface area contributed by atoms with Gasteiger partial charge in [0.1, 0.15) is 0 Å². The van der Waals surface area contributed by atoms with Crippen LogP contribution in [0.1, 0.15) is 25.7 Å². The highest BCUT2D eigenvalue weighted by atomic mass is 16.4. The van der Waals surface area contributed by atoms with Crippen LogP contribution in [-0.4, -0.2) is 39.8 Å². The maximum absolute atomic E-state index is 11.1. The number of aliphatic carboxylic acids is 1. The van der Waals surface area contributed by atoms with Gasteiger partial charge < -0.3 is 10.2 Å². The number of nitrogens with zero attached hydrogens (tertiary/aromatic N) is 1. The van der Waals surface area contributed by atoms with Crippen LogP contribution in [0.25, 0.3) is 0 Å². The first-order valence-electron chi connectivity index (χ1n) is 4.83. The highest BCUT2D eigenvalue weighted by Gasteiger charge is 2.22. The molecular weight excluding hydrogens is 198 g/mol.